The number of rotatable bonds is 6. The van der Waals surface area contributed by atoms with E-state index in [2.05, 4.69) is 10.1 Å². The Bertz CT molecular complexity index is 760. The maximum atomic E-state index is 11.5. The molecule has 0 bridgehead atoms. The summed E-state index contributed by atoms with van der Waals surface area (Å²) in [5, 5.41) is 13.3. The van der Waals surface area contributed by atoms with Crippen LogP contribution in [0.3, 0.4) is 0 Å². The molecule has 0 radical (unpaired) electrons. The Labute approximate surface area is 153 Å². The van der Waals surface area contributed by atoms with E-state index in [0.29, 0.717) is 0 Å². The van der Waals surface area contributed by atoms with Crippen LogP contribution in [-0.4, -0.2) is 68.7 Å². The lowest BCUT2D eigenvalue weighted by atomic mass is 10.1. The van der Waals surface area contributed by atoms with E-state index in [-0.39, 0.29) is 12.4 Å². The van der Waals surface area contributed by atoms with Crippen molar-refractivity contribution in [1.29, 1.82) is 0 Å². The van der Waals surface area contributed by atoms with Gasteiger partial charge in [0.1, 0.15) is 18.5 Å². The number of carbonyl (C=O) groups excluding carboxylic acids is 3. The number of ether oxygens (including phenoxy) is 4. The molecule has 1 fully saturated rings. The Hall–Kier alpha value is -3.02. The highest BCUT2D eigenvalue weighted by molar-refractivity contribution is 5.83. The van der Waals surface area contributed by atoms with Crippen molar-refractivity contribution < 1.29 is 43.2 Å². The Balaban J connectivity index is 2.44. The van der Waals surface area contributed by atoms with Crippen LogP contribution in [-0.2, 0) is 33.3 Å². The monoisotopic (exact) mass is 385 g/mol. The number of carboxylic acid groups (broad SMARTS) is 1. The molecule has 4 atom stereocenters. The molecule has 0 unspecified atom stereocenters. The maximum absolute atomic E-state index is 11.5. The number of aromatic carboxylic acids is 1. The maximum Gasteiger partial charge on any atom is 0.373 e. The molecule has 12 nitrogen and oxygen atoms in total. The van der Waals surface area contributed by atoms with Crippen molar-refractivity contribution in [2.24, 2.45) is 0 Å². The molecule has 0 aliphatic carbocycles. The summed E-state index contributed by atoms with van der Waals surface area (Å²) >= 11 is 0. The lowest BCUT2D eigenvalue weighted by molar-refractivity contribution is -0.166. The quantitative estimate of drug-likeness (QED) is 0.502. The molecule has 0 aromatic carbocycles. The van der Waals surface area contributed by atoms with Crippen molar-refractivity contribution in [1.82, 2.24) is 14.8 Å². The normalized spacial score (nSPS) is 24.3. The van der Waals surface area contributed by atoms with Gasteiger partial charge in [-0.05, 0) is 6.92 Å². The molecule has 1 aromatic heterocycles. The number of carbonyl (C=O) groups is 4. The zero-order valence-corrected chi connectivity index (χ0v) is 15.1. The van der Waals surface area contributed by atoms with Gasteiger partial charge < -0.3 is 24.1 Å². The SMILES string of the molecule is CC(=O)OC[C@H]1O[C@@H](n2nc(C)nc2C(=O)O)[C@H](OC(C)=O)[C@@H]1OC(C)=O. The van der Waals surface area contributed by atoms with Crippen LogP contribution >= 0.6 is 0 Å². The zero-order chi connectivity index (χ0) is 20.3. The second-order valence-corrected chi connectivity index (χ2v) is 5.75. The van der Waals surface area contributed by atoms with Crippen LogP contribution in [0, 0.1) is 6.92 Å². The third kappa shape index (κ3) is 4.78. The molecule has 2 heterocycles. The number of esters is 3. The van der Waals surface area contributed by atoms with Gasteiger partial charge in [-0.15, -0.1) is 0 Å². The average Bonchev–Trinajstić information content (AvgIpc) is 3.06. The largest absolute Gasteiger partial charge is 0.475 e. The zero-order valence-electron chi connectivity index (χ0n) is 15.1. The van der Waals surface area contributed by atoms with E-state index >= 15 is 0 Å². The van der Waals surface area contributed by atoms with Gasteiger partial charge in [-0.2, -0.15) is 5.10 Å². The van der Waals surface area contributed by atoms with Crippen molar-refractivity contribution in [3.63, 3.8) is 0 Å². The van der Waals surface area contributed by atoms with Crippen molar-refractivity contribution >= 4 is 23.9 Å². The van der Waals surface area contributed by atoms with Gasteiger partial charge in [-0.1, -0.05) is 0 Å². The predicted molar refractivity (Wildman–Crippen MR) is 83.4 cm³/mol. The van der Waals surface area contributed by atoms with Gasteiger partial charge in [-0.25, -0.2) is 14.5 Å². The summed E-state index contributed by atoms with van der Waals surface area (Å²) in [6.45, 7) is 4.62. The molecule has 1 aromatic rings. The standard InChI is InChI=1S/C15H19N3O9/c1-6-16-13(15(22)23)18(17-6)14-12(26-9(4)21)11(25-8(3)20)10(27-14)5-24-7(2)19/h10-12,14H,5H2,1-4H3,(H,22,23)/t10-,11-,12-,14-/m1/s1. The number of hydrogen-bond donors (Lipinski definition) is 1. The summed E-state index contributed by atoms with van der Waals surface area (Å²) < 4.78 is 21.9. The predicted octanol–water partition coefficient (Wildman–Crippen LogP) is -0.391. The van der Waals surface area contributed by atoms with Crippen molar-refractivity contribution in [2.45, 2.75) is 52.2 Å². The van der Waals surface area contributed by atoms with Crippen molar-refractivity contribution in [3.05, 3.63) is 11.6 Å². The molecule has 1 aliphatic rings. The third-order valence-electron chi connectivity index (χ3n) is 3.51. The molecular weight excluding hydrogens is 366 g/mol. The first-order valence-corrected chi connectivity index (χ1v) is 7.89. The number of carboxylic acids is 1. The van der Waals surface area contributed by atoms with E-state index in [1.165, 1.54) is 13.8 Å². The Morgan fingerprint density at radius 3 is 2.19 bits per heavy atom. The van der Waals surface area contributed by atoms with Crippen LogP contribution in [0.25, 0.3) is 0 Å². The molecule has 0 saturated carbocycles. The minimum absolute atomic E-state index is 0.144. The van der Waals surface area contributed by atoms with Crippen LogP contribution in [0.2, 0.25) is 0 Å². The highest BCUT2D eigenvalue weighted by atomic mass is 16.7. The first-order chi connectivity index (χ1) is 12.6. The van der Waals surface area contributed by atoms with Gasteiger partial charge in [0.05, 0.1) is 0 Å². The van der Waals surface area contributed by atoms with Crippen LogP contribution in [0.5, 0.6) is 0 Å². The fraction of sp³-hybridized carbons (Fsp3) is 0.600. The molecule has 27 heavy (non-hydrogen) atoms. The van der Waals surface area contributed by atoms with Gasteiger partial charge >= 0.3 is 23.9 Å². The molecule has 0 amide bonds. The lowest BCUT2D eigenvalue weighted by Gasteiger charge is -2.23. The fourth-order valence-electron chi connectivity index (χ4n) is 2.64. The van der Waals surface area contributed by atoms with Gasteiger partial charge in [0, 0.05) is 20.8 Å². The molecule has 148 valence electrons. The number of aromatic nitrogens is 3. The summed E-state index contributed by atoms with van der Waals surface area (Å²) in [5.74, 6) is -3.70. The Morgan fingerprint density at radius 2 is 1.67 bits per heavy atom. The minimum Gasteiger partial charge on any atom is -0.475 e. The van der Waals surface area contributed by atoms with E-state index in [0.717, 1.165) is 18.5 Å². The molecule has 1 saturated heterocycles. The smallest absolute Gasteiger partial charge is 0.373 e. The van der Waals surface area contributed by atoms with E-state index in [1.54, 1.807) is 0 Å². The molecular formula is C15H19N3O9. The van der Waals surface area contributed by atoms with Gasteiger partial charge in [-0.3, -0.25) is 14.4 Å². The van der Waals surface area contributed by atoms with E-state index in [4.69, 9.17) is 18.9 Å². The van der Waals surface area contributed by atoms with Crippen LogP contribution in [0.4, 0.5) is 0 Å². The molecule has 2 rings (SSSR count). The van der Waals surface area contributed by atoms with Crippen LogP contribution in [0.1, 0.15) is 43.4 Å². The second kappa shape index (κ2) is 8.12. The summed E-state index contributed by atoms with van der Waals surface area (Å²) in [7, 11) is 0. The van der Waals surface area contributed by atoms with Gasteiger partial charge in [0.25, 0.3) is 0 Å². The first kappa shape index (κ1) is 20.3. The number of aryl methyl sites for hydroxylation is 1. The Morgan fingerprint density at radius 1 is 1.07 bits per heavy atom. The summed E-state index contributed by atoms with van der Waals surface area (Å²) in [6, 6.07) is 0. The highest BCUT2D eigenvalue weighted by Crippen LogP contribution is 2.34. The minimum atomic E-state index is -1.38. The molecule has 1 aliphatic heterocycles. The van der Waals surface area contributed by atoms with E-state index in [9.17, 15) is 24.3 Å². The first-order valence-electron chi connectivity index (χ1n) is 7.89. The third-order valence-corrected chi connectivity index (χ3v) is 3.51. The topological polar surface area (TPSA) is 156 Å². The second-order valence-electron chi connectivity index (χ2n) is 5.75. The van der Waals surface area contributed by atoms with Crippen LogP contribution < -0.4 is 0 Å². The highest BCUT2D eigenvalue weighted by Gasteiger charge is 2.52. The van der Waals surface area contributed by atoms with Gasteiger partial charge in [0.2, 0.25) is 5.82 Å². The van der Waals surface area contributed by atoms with Crippen LogP contribution in [0.15, 0.2) is 0 Å². The summed E-state index contributed by atoms with van der Waals surface area (Å²) in [5.41, 5.74) is 0. The summed E-state index contributed by atoms with van der Waals surface area (Å²) in [4.78, 5) is 49.4. The van der Waals surface area contributed by atoms with E-state index < -0.39 is 54.2 Å². The van der Waals surface area contributed by atoms with Crippen molar-refractivity contribution in [2.75, 3.05) is 6.61 Å². The number of nitrogens with zero attached hydrogens (tertiary/aromatic N) is 3. The average molecular weight is 385 g/mol. The molecule has 12 heteroatoms. The lowest BCUT2D eigenvalue weighted by Crippen LogP contribution is -2.41. The molecule has 1 N–H and O–H groups in total. The van der Waals surface area contributed by atoms with Gasteiger partial charge in [0.15, 0.2) is 18.4 Å². The summed E-state index contributed by atoms with van der Waals surface area (Å²) in [6.07, 6.45) is -4.66. The van der Waals surface area contributed by atoms with E-state index in [1.807, 2.05) is 0 Å². The molecule has 0 spiro atoms. The van der Waals surface area contributed by atoms with Crippen molar-refractivity contribution in [3.8, 4) is 0 Å². The fourth-order valence-corrected chi connectivity index (χ4v) is 2.64. The number of hydrogen-bond acceptors (Lipinski definition) is 10. The Kier molecular flexibility index (Phi) is 6.10.